The van der Waals surface area contributed by atoms with E-state index < -0.39 is 11.7 Å². The van der Waals surface area contributed by atoms with Crippen LogP contribution >= 0.6 is 11.6 Å². The maximum absolute atomic E-state index is 12.4. The average molecular weight is 356 g/mol. The maximum atomic E-state index is 12.4. The number of piperidine rings is 1. The lowest BCUT2D eigenvalue weighted by atomic mass is 9.95. The van der Waals surface area contributed by atoms with Crippen LogP contribution in [-0.2, 0) is 11.2 Å². The summed E-state index contributed by atoms with van der Waals surface area (Å²) in [5, 5.41) is 10.6. The Kier molecular flexibility index (Phi) is 8.04. The van der Waals surface area contributed by atoms with Crippen molar-refractivity contribution in [2.75, 3.05) is 6.54 Å². The van der Waals surface area contributed by atoms with Gasteiger partial charge in [-0.3, -0.25) is 0 Å². The van der Waals surface area contributed by atoms with Crippen molar-refractivity contribution >= 4 is 17.7 Å². The Balaban J connectivity index is 0.00000139. The third kappa shape index (κ3) is 6.70. The molecule has 1 aliphatic heterocycles. The van der Waals surface area contributed by atoms with Crippen LogP contribution < -0.4 is 0 Å². The van der Waals surface area contributed by atoms with E-state index >= 15 is 0 Å². The monoisotopic (exact) mass is 355 g/mol. The first kappa shape index (κ1) is 20.8. The lowest BCUT2D eigenvalue weighted by molar-refractivity contribution is -0.0127. The van der Waals surface area contributed by atoms with Crippen molar-refractivity contribution in [3.63, 3.8) is 0 Å². The van der Waals surface area contributed by atoms with Gasteiger partial charge in [-0.05, 0) is 57.7 Å². The van der Waals surface area contributed by atoms with Gasteiger partial charge < -0.3 is 14.7 Å². The molecule has 1 heterocycles. The zero-order chi connectivity index (χ0) is 18.3. The molecule has 1 saturated heterocycles. The van der Waals surface area contributed by atoms with Gasteiger partial charge in [-0.2, -0.15) is 0 Å². The zero-order valence-corrected chi connectivity index (χ0v) is 16.1. The number of halogens is 1. The molecule has 1 aliphatic rings. The number of hydrogen-bond acceptors (Lipinski definition) is 3. The largest absolute Gasteiger partial charge is 0.444 e. The number of aliphatic hydroxyl groups excluding tert-OH is 1. The SMILES string of the molecule is CC.CC(C)(C)OC(=O)N1CC(O)CCC1Cc1ccc(Cl)cc1. The number of carbonyl (C=O) groups is 1. The molecule has 2 atom stereocenters. The number of carbonyl (C=O) groups excluding carboxylic acids is 1. The number of amides is 1. The fourth-order valence-corrected chi connectivity index (χ4v) is 2.78. The van der Waals surface area contributed by atoms with Crippen LogP contribution in [0.2, 0.25) is 5.02 Å². The maximum Gasteiger partial charge on any atom is 0.410 e. The summed E-state index contributed by atoms with van der Waals surface area (Å²) in [4.78, 5) is 14.0. The van der Waals surface area contributed by atoms with Crippen LogP contribution in [0, 0.1) is 0 Å². The van der Waals surface area contributed by atoms with Gasteiger partial charge in [-0.1, -0.05) is 37.6 Å². The van der Waals surface area contributed by atoms with Gasteiger partial charge in [0.05, 0.1) is 12.6 Å². The number of likely N-dealkylation sites (tertiary alicyclic amines) is 1. The van der Waals surface area contributed by atoms with E-state index in [0.29, 0.717) is 18.0 Å². The third-order valence-corrected chi connectivity index (χ3v) is 3.95. The van der Waals surface area contributed by atoms with Gasteiger partial charge in [0, 0.05) is 11.1 Å². The normalized spacial score (nSPS) is 20.9. The molecule has 0 radical (unpaired) electrons. The minimum absolute atomic E-state index is 0.0411. The van der Waals surface area contributed by atoms with E-state index in [0.717, 1.165) is 18.4 Å². The first-order chi connectivity index (χ1) is 11.2. The number of β-amino-alcohol motifs (C(OH)–C–C–N with tert-alkyl or cyclic N) is 1. The number of benzene rings is 1. The molecule has 0 bridgehead atoms. The van der Waals surface area contributed by atoms with E-state index in [-0.39, 0.29) is 12.1 Å². The second kappa shape index (κ2) is 9.28. The first-order valence-corrected chi connectivity index (χ1v) is 9.04. The van der Waals surface area contributed by atoms with Crippen molar-refractivity contribution < 1.29 is 14.6 Å². The minimum Gasteiger partial charge on any atom is -0.444 e. The summed E-state index contributed by atoms with van der Waals surface area (Å²) in [7, 11) is 0. The van der Waals surface area contributed by atoms with Gasteiger partial charge in [0.1, 0.15) is 5.60 Å². The van der Waals surface area contributed by atoms with Crippen molar-refractivity contribution in [1.82, 2.24) is 4.90 Å². The third-order valence-electron chi connectivity index (χ3n) is 3.69. The second-order valence-electron chi connectivity index (χ2n) is 6.85. The van der Waals surface area contributed by atoms with Gasteiger partial charge in [-0.25, -0.2) is 4.79 Å². The molecule has 0 aliphatic carbocycles. The van der Waals surface area contributed by atoms with Gasteiger partial charge in [0.15, 0.2) is 0 Å². The molecule has 2 rings (SSSR count). The highest BCUT2D eigenvalue weighted by Gasteiger charge is 2.33. The Bertz CT molecular complexity index is 510. The lowest BCUT2D eigenvalue weighted by Gasteiger charge is -2.38. The molecule has 0 saturated carbocycles. The van der Waals surface area contributed by atoms with E-state index in [4.69, 9.17) is 16.3 Å². The minimum atomic E-state index is -0.537. The molecule has 136 valence electrons. The van der Waals surface area contributed by atoms with Gasteiger partial charge in [0.2, 0.25) is 0 Å². The Labute approximate surface area is 150 Å². The molecular formula is C19H30ClNO3. The quantitative estimate of drug-likeness (QED) is 0.838. The van der Waals surface area contributed by atoms with Crippen LogP contribution in [0.4, 0.5) is 4.79 Å². The van der Waals surface area contributed by atoms with Crippen LogP contribution in [0.25, 0.3) is 0 Å². The summed E-state index contributed by atoms with van der Waals surface area (Å²) in [5.74, 6) is 0. The molecule has 0 aromatic heterocycles. The number of aliphatic hydroxyl groups is 1. The van der Waals surface area contributed by atoms with Gasteiger partial charge in [0.25, 0.3) is 0 Å². The molecule has 1 aromatic carbocycles. The predicted molar refractivity (Wildman–Crippen MR) is 98.5 cm³/mol. The summed E-state index contributed by atoms with van der Waals surface area (Å²) >= 11 is 5.91. The molecule has 1 N–H and O–H groups in total. The standard InChI is InChI=1S/C17H24ClNO3.C2H6/c1-17(2,3)22-16(21)19-11-15(20)9-8-14(19)10-12-4-6-13(18)7-5-12;1-2/h4-7,14-15,20H,8-11H2,1-3H3;1-2H3. The predicted octanol–water partition coefficient (Wildman–Crippen LogP) is 4.67. The van der Waals surface area contributed by atoms with Gasteiger partial charge in [-0.15, -0.1) is 0 Å². The smallest absolute Gasteiger partial charge is 0.410 e. The number of hydrogen-bond donors (Lipinski definition) is 1. The summed E-state index contributed by atoms with van der Waals surface area (Å²) < 4.78 is 5.47. The summed E-state index contributed by atoms with van der Waals surface area (Å²) in [6.45, 7) is 9.87. The first-order valence-electron chi connectivity index (χ1n) is 8.67. The lowest BCUT2D eigenvalue weighted by Crippen LogP contribution is -2.51. The van der Waals surface area contributed by atoms with Crippen molar-refractivity contribution in [2.24, 2.45) is 0 Å². The van der Waals surface area contributed by atoms with Crippen LogP contribution in [0.15, 0.2) is 24.3 Å². The summed E-state index contributed by atoms with van der Waals surface area (Å²) in [6.07, 6.45) is 1.38. The van der Waals surface area contributed by atoms with E-state index in [1.165, 1.54) is 0 Å². The van der Waals surface area contributed by atoms with E-state index in [9.17, 15) is 9.90 Å². The number of ether oxygens (including phenoxy) is 1. The average Bonchev–Trinajstić information content (AvgIpc) is 2.51. The fraction of sp³-hybridized carbons (Fsp3) is 0.632. The molecule has 4 nitrogen and oxygen atoms in total. The molecule has 24 heavy (non-hydrogen) atoms. The fourth-order valence-electron chi connectivity index (χ4n) is 2.66. The highest BCUT2D eigenvalue weighted by Crippen LogP contribution is 2.24. The van der Waals surface area contributed by atoms with E-state index in [2.05, 4.69) is 0 Å². The number of nitrogens with zero attached hydrogens (tertiary/aromatic N) is 1. The van der Waals surface area contributed by atoms with Crippen LogP contribution in [0.3, 0.4) is 0 Å². The molecule has 0 spiro atoms. The Morgan fingerprint density at radius 2 is 1.83 bits per heavy atom. The molecular weight excluding hydrogens is 326 g/mol. The van der Waals surface area contributed by atoms with Crippen molar-refractivity contribution in [3.8, 4) is 0 Å². The Morgan fingerprint density at radius 3 is 2.38 bits per heavy atom. The topological polar surface area (TPSA) is 49.8 Å². The molecule has 1 amide bonds. The van der Waals surface area contributed by atoms with E-state index in [1.807, 2.05) is 58.9 Å². The zero-order valence-electron chi connectivity index (χ0n) is 15.4. The second-order valence-corrected chi connectivity index (χ2v) is 7.28. The van der Waals surface area contributed by atoms with E-state index in [1.54, 1.807) is 4.90 Å². The number of rotatable bonds is 2. The Hall–Kier alpha value is -1.26. The van der Waals surface area contributed by atoms with Crippen molar-refractivity contribution in [3.05, 3.63) is 34.9 Å². The van der Waals surface area contributed by atoms with Crippen molar-refractivity contribution in [1.29, 1.82) is 0 Å². The van der Waals surface area contributed by atoms with Crippen LogP contribution in [0.1, 0.15) is 53.0 Å². The molecule has 1 fully saturated rings. The van der Waals surface area contributed by atoms with Gasteiger partial charge >= 0.3 is 6.09 Å². The molecule has 5 heteroatoms. The van der Waals surface area contributed by atoms with Crippen LogP contribution in [-0.4, -0.2) is 40.4 Å². The highest BCUT2D eigenvalue weighted by atomic mass is 35.5. The Morgan fingerprint density at radius 1 is 1.25 bits per heavy atom. The summed E-state index contributed by atoms with van der Waals surface area (Å²) in [6, 6.07) is 7.69. The molecule has 2 unspecified atom stereocenters. The molecule has 1 aromatic rings. The van der Waals surface area contributed by atoms with Crippen molar-refractivity contribution in [2.45, 2.75) is 71.6 Å². The van der Waals surface area contributed by atoms with Crippen LogP contribution in [0.5, 0.6) is 0 Å². The highest BCUT2D eigenvalue weighted by molar-refractivity contribution is 6.30. The summed E-state index contributed by atoms with van der Waals surface area (Å²) in [5.41, 5.74) is 0.587.